The van der Waals surface area contributed by atoms with Gasteiger partial charge in [-0.15, -0.1) is 5.01 Å². The maximum Gasteiger partial charge on any atom is 0.511 e. The summed E-state index contributed by atoms with van der Waals surface area (Å²) in [5.74, 6) is -1.79. The van der Waals surface area contributed by atoms with Gasteiger partial charge in [-0.25, -0.2) is 22.6 Å². The summed E-state index contributed by atoms with van der Waals surface area (Å²) in [4.78, 5) is 29.4. The number of carbonyl (C=O) groups excluding carboxylic acids is 2. The predicted octanol–water partition coefficient (Wildman–Crippen LogP) is 5.49. The van der Waals surface area contributed by atoms with Crippen molar-refractivity contribution in [2.45, 2.75) is 70.4 Å². The Morgan fingerprint density at radius 2 is 1.75 bits per heavy atom. The van der Waals surface area contributed by atoms with Crippen LogP contribution in [0, 0.1) is 18.0 Å². The molecule has 14 nitrogen and oxygen atoms in total. The minimum absolute atomic E-state index is 0.0754. The van der Waals surface area contributed by atoms with E-state index in [2.05, 4.69) is 10.4 Å². The van der Waals surface area contributed by atoms with Gasteiger partial charge in [0.2, 0.25) is 11.2 Å². The highest BCUT2D eigenvalue weighted by Crippen LogP contribution is 2.33. The molecule has 2 heterocycles. The Bertz CT molecular complexity index is 1750. The van der Waals surface area contributed by atoms with Crippen LogP contribution in [0.4, 0.5) is 18.0 Å². The summed E-state index contributed by atoms with van der Waals surface area (Å²) in [7, 11) is -4.40. The standard InChI is InChI=1S/C30H35F3N6O8S/c1-19-8-10-21(11-9-19)25-17-26(30(31,32)33)34-38(25)23-12-14-24(15-13-23)48(43,44)35-27(40)22-7-6-16-37(18-22)39(42)36-47-20(2)45-28(41)46-29(3,4)5/h8-15,17,20,22H,6-7,16,18H2,1-5H3,(H,35,40)/b39-36+. The number of rotatable bonds is 9. The Morgan fingerprint density at radius 1 is 1.10 bits per heavy atom. The minimum Gasteiger partial charge on any atom is -0.569 e. The molecule has 0 bridgehead atoms. The van der Waals surface area contributed by atoms with Crippen LogP contribution in [0.3, 0.4) is 0 Å². The molecule has 1 aromatic heterocycles. The van der Waals surface area contributed by atoms with Gasteiger partial charge in [-0.2, -0.15) is 18.3 Å². The number of sulfonamides is 1. The number of benzene rings is 2. The fraction of sp³-hybridized carbons (Fsp3) is 0.433. The molecule has 48 heavy (non-hydrogen) atoms. The van der Waals surface area contributed by atoms with E-state index in [4.69, 9.17) is 14.3 Å². The fourth-order valence-corrected chi connectivity index (χ4v) is 5.65. The van der Waals surface area contributed by atoms with E-state index in [9.17, 15) is 36.4 Å². The van der Waals surface area contributed by atoms with Crippen LogP contribution in [0.25, 0.3) is 16.9 Å². The molecule has 0 radical (unpaired) electrons. The number of piperidine rings is 1. The second-order valence-corrected chi connectivity index (χ2v) is 13.7. The number of hydrogen-bond donors (Lipinski definition) is 1. The molecule has 4 rings (SSSR count). The molecular weight excluding hydrogens is 661 g/mol. The van der Waals surface area contributed by atoms with Crippen molar-refractivity contribution in [2.75, 3.05) is 13.1 Å². The minimum atomic E-state index is -4.72. The predicted molar refractivity (Wildman–Crippen MR) is 162 cm³/mol. The summed E-state index contributed by atoms with van der Waals surface area (Å²) >= 11 is 0. The first-order valence-electron chi connectivity index (χ1n) is 14.7. The molecule has 2 unspecified atom stereocenters. The molecule has 0 aliphatic carbocycles. The van der Waals surface area contributed by atoms with Gasteiger partial charge in [0.05, 0.1) is 40.3 Å². The maximum atomic E-state index is 13.5. The third-order valence-corrected chi connectivity index (χ3v) is 8.27. The summed E-state index contributed by atoms with van der Waals surface area (Å²) in [6.07, 6.45) is -6.40. The molecule has 18 heteroatoms. The van der Waals surface area contributed by atoms with Crippen LogP contribution in [0.2, 0.25) is 0 Å². The fourth-order valence-electron chi connectivity index (χ4n) is 4.60. The third kappa shape index (κ3) is 9.36. The SMILES string of the molecule is Cc1ccc(-c2cc(C(F)(F)F)nn2-c2ccc(S(=O)(=O)NC(=O)C3CCCN(/[N+]([O-])=N\OC(C)OC(=O)OC(C)(C)C)C3)cc2)cc1. The zero-order chi connectivity index (χ0) is 35.4. The summed E-state index contributed by atoms with van der Waals surface area (Å²) in [6, 6.07) is 12.5. The zero-order valence-electron chi connectivity index (χ0n) is 26.7. The Balaban J connectivity index is 1.42. The average Bonchev–Trinajstić information content (AvgIpc) is 3.46. The second kappa shape index (κ2) is 14.1. The van der Waals surface area contributed by atoms with E-state index in [0.717, 1.165) is 33.5 Å². The summed E-state index contributed by atoms with van der Waals surface area (Å²) in [5, 5.41) is 20.7. The number of carbonyl (C=O) groups is 2. The van der Waals surface area contributed by atoms with Gasteiger partial charge >= 0.3 is 12.3 Å². The number of nitrogens with zero attached hydrogens (tertiary/aromatic N) is 5. The maximum absolute atomic E-state index is 13.5. The summed E-state index contributed by atoms with van der Waals surface area (Å²) in [6.45, 7) is 8.04. The number of ether oxygens (including phenoxy) is 2. The number of hydrazine groups is 1. The van der Waals surface area contributed by atoms with Gasteiger partial charge in [0.25, 0.3) is 16.3 Å². The zero-order valence-corrected chi connectivity index (χ0v) is 27.5. The van der Waals surface area contributed by atoms with Crippen molar-refractivity contribution in [3.63, 3.8) is 0 Å². The van der Waals surface area contributed by atoms with Gasteiger partial charge in [-0.3, -0.25) is 9.63 Å². The number of amides is 1. The summed E-state index contributed by atoms with van der Waals surface area (Å²) in [5.41, 5.74) is -0.263. The topological polar surface area (TPSA) is 167 Å². The number of aryl methyl sites for hydroxylation is 1. The van der Waals surface area contributed by atoms with Crippen molar-refractivity contribution in [3.8, 4) is 16.9 Å². The second-order valence-electron chi connectivity index (χ2n) is 12.0. The highest BCUT2D eigenvalue weighted by atomic mass is 32.2. The Morgan fingerprint density at radius 3 is 2.35 bits per heavy atom. The largest absolute Gasteiger partial charge is 0.569 e. The van der Waals surface area contributed by atoms with Gasteiger partial charge in [-0.05, 0) is 70.9 Å². The highest BCUT2D eigenvalue weighted by Gasteiger charge is 2.36. The van der Waals surface area contributed by atoms with Gasteiger partial charge in [0.15, 0.2) is 5.69 Å². The molecule has 0 spiro atoms. The molecule has 2 aromatic carbocycles. The van der Waals surface area contributed by atoms with Crippen LogP contribution in [0.5, 0.6) is 0 Å². The first kappa shape index (κ1) is 36.0. The van der Waals surface area contributed by atoms with Crippen molar-refractivity contribution >= 4 is 22.1 Å². The lowest BCUT2D eigenvalue weighted by Gasteiger charge is -2.28. The van der Waals surface area contributed by atoms with Crippen LogP contribution < -0.4 is 4.72 Å². The summed E-state index contributed by atoms with van der Waals surface area (Å²) < 4.78 is 79.7. The van der Waals surface area contributed by atoms with E-state index in [-0.39, 0.29) is 40.8 Å². The lowest BCUT2D eigenvalue weighted by molar-refractivity contribution is -0.715. The van der Waals surface area contributed by atoms with Gasteiger partial charge in [-0.1, -0.05) is 29.8 Å². The first-order valence-corrected chi connectivity index (χ1v) is 16.2. The molecule has 2 atom stereocenters. The molecule has 1 aliphatic heterocycles. The number of hydrogen-bond acceptors (Lipinski definition) is 10. The van der Waals surface area contributed by atoms with E-state index in [1.807, 2.05) is 11.6 Å². The molecular formula is C30H35F3N6O8S. The van der Waals surface area contributed by atoms with Gasteiger partial charge in [0, 0.05) is 12.5 Å². The van der Waals surface area contributed by atoms with Crippen molar-refractivity contribution in [2.24, 2.45) is 11.2 Å². The molecule has 1 aliphatic rings. The van der Waals surface area contributed by atoms with Crippen LogP contribution >= 0.6 is 0 Å². The van der Waals surface area contributed by atoms with E-state index >= 15 is 0 Å². The molecule has 1 saturated heterocycles. The molecule has 1 fully saturated rings. The molecule has 1 N–H and O–H groups in total. The smallest absolute Gasteiger partial charge is 0.511 e. The average molecular weight is 697 g/mol. The Hall–Kier alpha value is -4.87. The highest BCUT2D eigenvalue weighted by molar-refractivity contribution is 7.90. The molecule has 3 aromatic rings. The van der Waals surface area contributed by atoms with Crippen LogP contribution in [0.15, 0.2) is 64.8 Å². The molecule has 1 amide bonds. The van der Waals surface area contributed by atoms with E-state index in [1.165, 1.54) is 19.1 Å². The lowest BCUT2D eigenvalue weighted by atomic mass is 9.99. The molecule has 0 saturated carbocycles. The number of aromatic nitrogens is 2. The van der Waals surface area contributed by atoms with E-state index < -0.39 is 51.8 Å². The third-order valence-electron chi connectivity index (χ3n) is 6.90. The van der Waals surface area contributed by atoms with E-state index in [1.54, 1.807) is 45.0 Å². The quantitative estimate of drug-likeness (QED) is 0.0993. The van der Waals surface area contributed by atoms with Crippen LogP contribution in [0.1, 0.15) is 51.8 Å². The first-order chi connectivity index (χ1) is 22.3. The van der Waals surface area contributed by atoms with Gasteiger partial charge in [0.1, 0.15) is 5.60 Å². The van der Waals surface area contributed by atoms with Crippen LogP contribution in [-0.4, -0.2) is 65.2 Å². The molecule has 260 valence electrons. The van der Waals surface area contributed by atoms with Crippen molar-refractivity contribution < 1.29 is 50.5 Å². The van der Waals surface area contributed by atoms with Crippen molar-refractivity contribution in [3.05, 3.63) is 71.1 Å². The Labute approximate surface area is 274 Å². The normalized spacial score (nSPS) is 16.6. The van der Waals surface area contributed by atoms with Crippen LogP contribution in [-0.2, 0) is 35.3 Å². The Kier molecular flexibility index (Phi) is 10.6. The number of alkyl halides is 3. The number of halogens is 3. The van der Waals surface area contributed by atoms with Crippen molar-refractivity contribution in [1.29, 1.82) is 0 Å². The lowest BCUT2D eigenvalue weighted by Crippen LogP contribution is -2.46. The van der Waals surface area contributed by atoms with Crippen molar-refractivity contribution in [1.82, 2.24) is 19.5 Å². The monoisotopic (exact) mass is 696 g/mol. The van der Waals surface area contributed by atoms with Gasteiger partial charge < -0.3 is 14.7 Å². The number of nitrogens with one attached hydrogen (secondary N) is 1. The van der Waals surface area contributed by atoms with E-state index in [0.29, 0.717) is 12.0 Å².